The first-order valence-electron chi connectivity index (χ1n) is 6.52. The van der Waals surface area contributed by atoms with Crippen LogP contribution < -0.4 is 9.04 Å². The highest BCUT2D eigenvalue weighted by atomic mass is 35.5. The molecule has 0 saturated heterocycles. The number of sulfonamides is 1. The fourth-order valence-corrected chi connectivity index (χ4v) is 3.50. The Hall–Kier alpha value is -1.98. The third-order valence-electron chi connectivity index (χ3n) is 3.06. The van der Waals surface area contributed by atoms with E-state index in [4.69, 9.17) is 16.3 Å². The maximum Gasteiger partial charge on any atom is 0.264 e. The lowest BCUT2D eigenvalue weighted by Crippen LogP contribution is -2.31. The van der Waals surface area contributed by atoms with Crippen LogP contribution in [0.25, 0.3) is 0 Å². The normalized spacial score (nSPS) is 11.0. The zero-order valence-electron chi connectivity index (χ0n) is 12.1. The van der Waals surface area contributed by atoms with Crippen LogP contribution in [0.5, 0.6) is 5.75 Å². The molecule has 0 unspecified atom stereocenters. The van der Waals surface area contributed by atoms with E-state index in [2.05, 4.69) is 6.58 Å². The van der Waals surface area contributed by atoms with Gasteiger partial charge in [0.15, 0.2) is 0 Å². The van der Waals surface area contributed by atoms with E-state index in [1.807, 2.05) is 0 Å². The van der Waals surface area contributed by atoms with Crippen molar-refractivity contribution in [3.63, 3.8) is 0 Å². The maximum absolute atomic E-state index is 12.8. The smallest absolute Gasteiger partial charge is 0.264 e. The Morgan fingerprint density at radius 1 is 1.14 bits per heavy atom. The molecule has 2 aromatic carbocycles. The molecule has 0 bridgehead atoms. The summed E-state index contributed by atoms with van der Waals surface area (Å²) in [5.41, 5.74) is 0.528. The second kappa shape index (κ2) is 6.85. The Balaban J connectivity index is 2.44. The van der Waals surface area contributed by atoms with Gasteiger partial charge >= 0.3 is 0 Å². The molecule has 116 valence electrons. The van der Waals surface area contributed by atoms with Crippen LogP contribution in [-0.2, 0) is 10.0 Å². The van der Waals surface area contributed by atoms with E-state index in [1.165, 1.54) is 29.6 Å². The molecule has 0 fully saturated rings. The molecule has 0 aliphatic carbocycles. The number of benzene rings is 2. The summed E-state index contributed by atoms with van der Waals surface area (Å²) < 4.78 is 31.9. The summed E-state index contributed by atoms with van der Waals surface area (Å²) in [6, 6.07) is 12.9. The Kier molecular flexibility index (Phi) is 5.11. The largest absolute Gasteiger partial charge is 0.497 e. The van der Waals surface area contributed by atoms with Crippen LogP contribution in [0.1, 0.15) is 0 Å². The van der Waals surface area contributed by atoms with Crippen molar-refractivity contribution >= 4 is 27.3 Å². The molecule has 4 nitrogen and oxygen atoms in total. The second-order valence-electron chi connectivity index (χ2n) is 4.48. The summed E-state index contributed by atoms with van der Waals surface area (Å²) in [4.78, 5) is 0.185. The van der Waals surface area contributed by atoms with Gasteiger partial charge in [0.25, 0.3) is 10.0 Å². The highest BCUT2D eigenvalue weighted by Gasteiger charge is 2.23. The van der Waals surface area contributed by atoms with Gasteiger partial charge in [0.1, 0.15) is 5.75 Å². The minimum atomic E-state index is -3.69. The van der Waals surface area contributed by atoms with E-state index in [-0.39, 0.29) is 11.4 Å². The number of halogens is 1. The van der Waals surface area contributed by atoms with Crippen molar-refractivity contribution in [2.45, 2.75) is 4.90 Å². The lowest BCUT2D eigenvalue weighted by Gasteiger charge is -2.23. The highest BCUT2D eigenvalue weighted by molar-refractivity contribution is 7.92. The van der Waals surface area contributed by atoms with Crippen LogP contribution >= 0.6 is 11.6 Å². The molecule has 0 aliphatic heterocycles. The number of hydrogen-bond donors (Lipinski definition) is 0. The van der Waals surface area contributed by atoms with Gasteiger partial charge in [0, 0.05) is 5.02 Å². The molecule has 0 atom stereocenters. The van der Waals surface area contributed by atoms with Crippen LogP contribution in [0.3, 0.4) is 0 Å². The minimum Gasteiger partial charge on any atom is -0.497 e. The molecule has 0 saturated carbocycles. The molecule has 0 aliphatic rings. The van der Waals surface area contributed by atoms with Crippen molar-refractivity contribution in [1.29, 1.82) is 0 Å². The van der Waals surface area contributed by atoms with Gasteiger partial charge in [-0.05, 0) is 48.5 Å². The number of ether oxygens (including phenoxy) is 1. The van der Waals surface area contributed by atoms with E-state index >= 15 is 0 Å². The average molecular weight is 338 g/mol. The van der Waals surface area contributed by atoms with Crippen molar-refractivity contribution in [2.75, 3.05) is 18.0 Å². The molecule has 0 N–H and O–H groups in total. The van der Waals surface area contributed by atoms with Crippen LogP contribution in [0, 0.1) is 0 Å². The van der Waals surface area contributed by atoms with Gasteiger partial charge in [-0.2, -0.15) is 0 Å². The minimum absolute atomic E-state index is 0.163. The van der Waals surface area contributed by atoms with Gasteiger partial charge < -0.3 is 4.74 Å². The number of anilines is 1. The molecule has 0 spiro atoms. The lowest BCUT2D eigenvalue weighted by molar-refractivity contribution is 0.414. The first kappa shape index (κ1) is 16.4. The first-order valence-corrected chi connectivity index (χ1v) is 8.34. The van der Waals surface area contributed by atoms with Crippen molar-refractivity contribution in [3.05, 3.63) is 66.2 Å². The maximum atomic E-state index is 12.8. The van der Waals surface area contributed by atoms with Gasteiger partial charge in [-0.25, -0.2) is 8.42 Å². The first-order chi connectivity index (χ1) is 10.5. The van der Waals surface area contributed by atoms with Crippen LogP contribution in [0.15, 0.2) is 66.1 Å². The molecule has 0 aromatic heterocycles. The third-order valence-corrected chi connectivity index (χ3v) is 5.12. The molecule has 2 rings (SSSR count). The molecule has 0 heterocycles. The SMILES string of the molecule is C=CCN(c1ccc(Cl)cc1)S(=O)(=O)c1ccc(OC)cc1. The summed E-state index contributed by atoms with van der Waals surface area (Å²) in [5, 5.41) is 0.546. The standard InChI is InChI=1S/C16H16ClNO3S/c1-3-12-18(14-6-4-13(17)5-7-14)22(19,20)16-10-8-15(21-2)9-11-16/h3-11H,1,12H2,2H3. The van der Waals surface area contributed by atoms with Crippen LogP contribution in [0.4, 0.5) is 5.69 Å². The summed E-state index contributed by atoms with van der Waals surface area (Å²) in [6.07, 6.45) is 1.54. The summed E-state index contributed by atoms with van der Waals surface area (Å²) in [6.45, 7) is 3.79. The number of nitrogens with zero attached hydrogens (tertiary/aromatic N) is 1. The van der Waals surface area contributed by atoms with E-state index in [1.54, 1.807) is 36.4 Å². The van der Waals surface area contributed by atoms with Crippen LogP contribution in [-0.4, -0.2) is 22.1 Å². The molecule has 0 radical (unpaired) electrons. The number of hydrogen-bond acceptors (Lipinski definition) is 3. The second-order valence-corrected chi connectivity index (χ2v) is 6.78. The van der Waals surface area contributed by atoms with E-state index in [9.17, 15) is 8.42 Å². The Morgan fingerprint density at radius 3 is 2.23 bits per heavy atom. The molecule has 6 heteroatoms. The van der Waals surface area contributed by atoms with Gasteiger partial charge in [-0.1, -0.05) is 17.7 Å². The monoisotopic (exact) mass is 337 g/mol. The molecule has 0 amide bonds. The van der Waals surface area contributed by atoms with Crippen molar-refractivity contribution in [3.8, 4) is 5.75 Å². The zero-order chi connectivity index (χ0) is 16.2. The topological polar surface area (TPSA) is 46.6 Å². The molecular weight excluding hydrogens is 322 g/mol. The van der Waals surface area contributed by atoms with Crippen molar-refractivity contribution in [2.24, 2.45) is 0 Å². The van der Waals surface area contributed by atoms with Gasteiger partial charge in [-0.3, -0.25) is 4.31 Å². The summed E-state index contributed by atoms with van der Waals surface area (Å²) in [5.74, 6) is 0.598. The van der Waals surface area contributed by atoms with Gasteiger partial charge in [-0.15, -0.1) is 6.58 Å². The zero-order valence-corrected chi connectivity index (χ0v) is 13.6. The Labute approximate surface area is 135 Å². The Bertz CT molecular complexity index is 740. The highest BCUT2D eigenvalue weighted by Crippen LogP contribution is 2.26. The number of rotatable bonds is 6. The van der Waals surface area contributed by atoms with E-state index < -0.39 is 10.0 Å². The van der Waals surface area contributed by atoms with Crippen molar-refractivity contribution in [1.82, 2.24) is 0 Å². The van der Waals surface area contributed by atoms with Crippen LogP contribution in [0.2, 0.25) is 5.02 Å². The Morgan fingerprint density at radius 2 is 1.73 bits per heavy atom. The fourth-order valence-electron chi connectivity index (χ4n) is 1.94. The molecule has 22 heavy (non-hydrogen) atoms. The predicted octanol–water partition coefficient (Wildman–Crippen LogP) is 3.73. The molecule has 2 aromatic rings. The molecular formula is C16H16ClNO3S. The quantitative estimate of drug-likeness (QED) is 0.754. The lowest BCUT2D eigenvalue weighted by atomic mass is 10.3. The summed E-state index contributed by atoms with van der Waals surface area (Å²) in [7, 11) is -2.16. The predicted molar refractivity (Wildman–Crippen MR) is 89.2 cm³/mol. The fraction of sp³-hybridized carbons (Fsp3) is 0.125. The third kappa shape index (κ3) is 3.43. The average Bonchev–Trinajstić information content (AvgIpc) is 2.53. The summed E-state index contributed by atoms with van der Waals surface area (Å²) >= 11 is 5.86. The van der Waals surface area contributed by atoms with E-state index in [0.29, 0.717) is 16.5 Å². The van der Waals surface area contributed by atoms with Gasteiger partial charge in [0.2, 0.25) is 0 Å². The van der Waals surface area contributed by atoms with Gasteiger partial charge in [0.05, 0.1) is 24.2 Å². The van der Waals surface area contributed by atoms with Crippen molar-refractivity contribution < 1.29 is 13.2 Å². The van der Waals surface area contributed by atoms with E-state index in [0.717, 1.165) is 0 Å². The number of methoxy groups -OCH3 is 1.